The zero-order chi connectivity index (χ0) is 21.0. The minimum atomic E-state index is -0.284. The monoisotopic (exact) mass is 391 g/mol. The lowest BCUT2D eigenvalue weighted by Crippen LogP contribution is -2.20. The Morgan fingerprint density at radius 1 is 1.31 bits per heavy atom. The number of pyridine rings is 1. The molecule has 148 valence electrons. The highest BCUT2D eigenvalue weighted by atomic mass is 16.5. The van der Waals surface area contributed by atoms with E-state index in [0.717, 1.165) is 6.42 Å². The first-order chi connectivity index (χ1) is 14.0. The number of nitrogens with zero attached hydrogens (tertiary/aromatic N) is 3. The van der Waals surface area contributed by atoms with Crippen LogP contribution in [-0.4, -0.2) is 20.3 Å². The van der Waals surface area contributed by atoms with E-state index in [-0.39, 0.29) is 35.7 Å². The number of fused-ring (bicyclic) bond motifs is 1. The number of ether oxygens (including phenoxy) is 1. The average molecular weight is 391 g/mol. The van der Waals surface area contributed by atoms with Crippen molar-refractivity contribution in [1.29, 1.82) is 5.26 Å². The number of ketones is 1. The Morgan fingerprint density at radius 3 is 2.79 bits per heavy atom. The van der Waals surface area contributed by atoms with E-state index in [4.69, 9.17) is 10.00 Å². The highest BCUT2D eigenvalue weighted by Gasteiger charge is 2.16. The maximum absolute atomic E-state index is 12.5. The Balaban J connectivity index is 1.96. The van der Waals surface area contributed by atoms with E-state index in [1.807, 2.05) is 13.0 Å². The summed E-state index contributed by atoms with van der Waals surface area (Å²) in [7, 11) is 0. The average Bonchev–Trinajstić information content (AvgIpc) is 2.70. The van der Waals surface area contributed by atoms with Gasteiger partial charge >= 0.3 is 0 Å². The molecule has 3 aromatic rings. The van der Waals surface area contributed by atoms with Crippen LogP contribution in [0.5, 0.6) is 11.5 Å². The number of phenolic OH excluding ortho intramolecular Hbond substituents is 1. The van der Waals surface area contributed by atoms with E-state index in [2.05, 4.69) is 4.98 Å². The molecule has 0 aliphatic heterocycles. The first kappa shape index (κ1) is 20.1. The maximum Gasteiger partial charge on any atom is 0.262 e. The number of carbonyl (C=O) groups is 1. The molecule has 0 aliphatic carbocycles. The highest BCUT2D eigenvalue weighted by molar-refractivity contribution is 5.97. The van der Waals surface area contributed by atoms with Gasteiger partial charge in [0.05, 0.1) is 23.6 Å². The number of Topliss-reactive ketones (excluding diaryl/α,β-unsaturated/α-hetero) is 1. The van der Waals surface area contributed by atoms with Crippen molar-refractivity contribution < 1.29 is 14.6 Å². The van der Waals surface area contributed by atoms with Crippen molar-refractivity contribution in [2.24, 2.45) is 0 Å². The van der Waals surface area contributed by atoms with Crippen LogP contribution in [0.15, 0.2) is 41.5 Å². The predicted molar refractivity (Wildman–Crippen MR) is 107 cm³/mol. The normalized spacial score (nSPS) is 10.7. The molecule has 0 saturated carbocycles. The van der Waals surface area contributed by atoms with Crippen LogP contribution >= 0.6 is 0 Å². The molecule has 0 unspecified atom stereocenters. The largest absolute Gasteiger partial charge is 0.507 e. The lowest BCUT2D eigenvalue weighted by molar-refractivity contribution is 0.101. The van der Waals surface area contributed by atoms with Crippen LogP contribution in [0.1, 0.15) is 47.3 Å². The molecule has 1 N–H and O–H groups in total. The number of hydrogen-bond donors (Lipinski definition) is 1. The molecule has 0 radical (unpaired) electrons. The summed E-state index contributed by atoms with van der Waals surface area (Å²) in [6.45, 7) is 3.51. The van der Waals surface area contributed by atoms with Crippen molar-refractivity contribution in [3.8, 4) is 17.6 Å². The fourth-order valence-corrected chi connectivity index (χ4v) is 3.21. The number of nitriles is 1. The summed E-state index contributed by atoms with van der Waals surface area (Å²) >= 11 is 0. The second kappa shape index (κ2) is 8.57. The molecule has 3 rings (SSSR count). The first-order valence-electron chi connectivity index (χ1n) is 9.31. The molecule has 1 aromatic carbocycles. The molecule has 0 amide bonds. The molecular weight excluding hydrogens is 370 g/mol. The molecule has 2 aromatic heterocycles. The van der Waals surface area contributed by atoms with Crippen molar-refractivity contribution in [2.75, 3.05) is 0 Å². The van der Waals surface area contributed by atoms with E-state index in [0.29, 0.717) is 34.5 Å². The van der Waals surface area contributed by atoms with E-state index in [1.165, 1.54) is 17.5 Å². The van der Waals surface area contributed by atoms with Gasteiger partial charge in [0.25, 0.3) is 5.56 Å². The van der Waals surface area contributed by atoms with Crippen molar-refractivity contribution in [1.82, 2.24) is 9.38 Å². The standard InChI is InChI=1S/C22H21N3O4/c1-3-5-18-19(8-7-17(14(2)26)20(18)27)29-13-16-6-4-11-25-21(16)24-12-15(9-10-23)22(25)28/h4,6-8,11-12,27H,3,5,9,13H2,1-2H3. The van der Waals surface area contributed by atoms with E-state index in [1.54, 1.807) is 30.5 Å². The Morgan fingerprint density at radius 2 is 2.10 bits per heavy atom. The van der Waals surface area contributed by atoms with Crippen LogP contribution in [0.25, 0.3) is 5.65 Å². The summed E-state index contributed by atoms with van der Waals surface area (Å²) in [6.07, 6.45) is 4.36. The second-order valence-corrected chi connectivity index (χ2v) is 6.68. The van der Waals surface area contributed by atoms with Gasteiger partial charge in [-0.05, 0) is 31.5 Å². The lowest BCUT2D eigenvalue weighted by Gasteiger charge is -2.15. The zero-order valence-corrected chi connectivity index (χ0v) is 16.3. The molecule has 0 spiro atoms. The second-order valence-electron chi connectivity index (χ2n) is 6.68. The predicted octanol–water partition coefficient (Wildman–Crippen LogP) is 3.20. The summed E-state index contributed by atoms with van der Waals surface area (Å²) in [5.74, 6) is 0.224. The topological polar surface area (TPSA) is 105 Å². The fourth-order valence-electron chi connectivity index (χ4n) is 3.21. The summed E-state index contributed by atoms with van der Waals surface area (Å²) in [6, 6.07) is 8.70. The number of aromatic nitrogens is 2. The van der Waals surface area contributed by atoms with Crippen LogP contribution in [-0.2, 0) is 19.4 Å². The Labute approximate surface area is 167 Å². The van der Waals surface area contributed by atoms with Crippen molar-refractivity contribution in [3.63, 3.8) is 0 Å². The summed E-state index contributed by atoms with van der Waals surface area (Å²) in [5, 5.41) is 19.3. The summed E-state index contributed by atoms with van der Waals surface area (Å²) in [4.78, 5) is 28.5. The van der Waals surface area contributed by atoms with Gasteiger partial charge in [0.15, 0.2) is 5.78 Å². The lowest BCUT2D eigenvalue weighted by atomic mass is 10.0. The third-order valence-electron chi connectivity index (χ3n) is 4.66. The van der Waals surface area contributed by atoms with Crippen LogP contribution < -0.4 is 10.3 Å². The molecule has 2 heterocycles. The smallest absolute Gasteiger partial charge is 0.262 e. The van der Waals surface area contributed by atoms with Crippen molar-refractivity contribution in [3.05, 3.63) is 69.3 Å². The molecule has 0 aliphatic rings. The minimum Gasteiger partial charge on any atom is -0.507 e. The van der Waals surface area contributed by atoms with E-state index >= 15 is 0 Å². The molecule has 29 heavy (non-hydrogen) atoms. The third kappa shape index (κ3) is 3.97. The molecule has 7 heteroatoms. The van der Waals surface area contributed by atoms with Crippen molar-refractivity contribution >= 4 is 11.4 Å². The Kier molecular flexibility index (Phi) is 5.93. The van der Waals surface area contributed by atoms with E-state index in [9.17, 15) is 14.7 Å². The van der Waals surface area contributed by atoms with Gasteiger partial charge in [-0.15, -0.1) is 0 Å². The van der Waals surface area contributed by atoms with Crippen LogP contribution in [0.3, 0.4) is 0 Å². The first-order valence-corrected chi connectivity index (χ1v) is 9.31. The quantitative estimate of drug-likeness (QED) is 0.620. The SMILES string of the molecule is CCCc1c(OCc2cccn3c(=O)c(CC#N)cnc23)ccc(C(C)=O)c1O. The van der Waals surface area contributed by atoms with Gasteiger partial charge in [-0.1, -0.05) is 19.4 Å². The molecule has 0 fully saturated rings. The number of hydrogen-bond acceptors (Lipinski definition) is 6. The molecular formula is C22H21N3O4. The van der Waals surface area contributed by atoms with Gasteiger partial charge in [0, 0.05) is 23.5 Å². The summed E-state index contributed by atoms with van der Waals surface area (Å²) < 4.78 is 7.34. The molecule has 0 atom stereocenters. The fraction of sp³-hybridized carbons (Fsp3) is 0.273. The maximum atomic E-state index is 12.5. The van der Waals surface area contributed by atoms with Crippen molar-refractivity contribution in [2.45, 2.75) is 39.7 Å². The van der Waals surface area contributed by atoms with Gasteiger partial charge in [-0.25, -0.2) is 4.98 Å². The van der Waals surface area contributed by atoms with Gasteiger partial charge in [-0.3, -0.25) is 14.0 Å². The van der Waals surface area contributed by atoms with Gasteiger partial charge in [-0.2, -0.15) is 5.26 Å². The van der Waals surface area contributed by atoms with Crippen LogP contribution in [0, 0.1) is 11.3 Å². The minimum absolute atomic E-state index is 0.00233. The van der Waals surface area contributed by atoms with Crippen LogP contribution in [0.4, 0.5) is 0 Å². The van der Waals surface area contributed by atoms with Gasteiger partial charge in [0.2, 0.25) is 0 Å². The number of rotatable bonds is 7. The Hall–Kier alpha value is -3.66. The Bertz CT molecular complexity index is 1180. The number of benzene rings is 1. The van der Waals surface area contributed by atoms with Gasteiger partial charge in [0.1, 0.15) is 23.8 Å². The molecule has 7 nitrogen and oxygen atoms in total. The molecule has 0 saturated heterocycles. The molecule has 0 bridgehead atoms. The number of phenols is 1. The zero-order valence-electron chi connectivity index (χ0n) is 16.3. The number of aromatic hydroxyl groups is 1. The van der Waals surface area contributed by atoms with Crippen LogP contribution in [0.2, 0.25) is 0 Å². The van der Waals surface area contributed by atoms with Gasteiger partial charge < -0.3 is 9.84 Å². The highest BCUT2D eigenvalue weighted by Crippen LogP contribution is 2.33. The van der Waals surface area contributed by atoms with E-state index < -0.39 is 0 Å². The summed E-state index contributed by atoms with van der Waals surface area (Å²) in [5.41, 5.74) is 2.03. The number of carbonyl (C=O) groups excluding carboxylic acids is 1. The third-order valence-corrected chi connectivity index (χ3v) is 4.66.